The Bertz CT molecular complexity index is 431. The summed E-state index contributed by atoms with van der Waals surface area (Å²) < 4.78 is 11.1. The Kier molecular flexibility index (Phi) is 5.79. The van der Waals surface area contributed by atoms with E-state index in [9.17, 15) is 0 Å². The molecule has 20 heavy (non-hydrogen) atoms. The summed E-state index contributed by atoms with van der Waals surface area (Å²) in [4.78, 5) is 14.6. The van der Waals surface area contributed by atoms with Gasteiger partial charge in [0.05, 0.1) is 12.7 Å². The molecule has 0 N–H and O–H groups in total. The molecule has 0 radical (unpaired) electrons. The van der Waals surface area contributed by atoms with Crippen molar-refractivity contribution in [3.63, 3.8) is 0 Å². The van der Waals surface area contributed by atoms with Crippen molar-refractivity contribution in [1.82, 2.24) is 15.0 Å². The van der Waals surface area contributed by atoms with E-state index in [4.69, 9.17) is 21.1 Å². The second-order valence-corrected chi connectivity index (χ2v) is 5.04. The van der Waals surface area contributed by atoms with E-state index in [1.54, 1.807) is 0 Å². The first-order chi connectivity index (χ1) is 9.72. The first-order valence-electron chi connectivity index (χ1n) is 7.13. The van der Waals surface area contributed by atoms with Crippen molar-refractivity contribution in [3.8, 4) is 6.01 Å². The van der Waals surface area contributed by atoms with Gasteiger partial charge < -0.3 is 14.4 Å². The number of ether oxygens (including phenoxy) is 2. The molecule has 1 aromatic heterocycles. The van der Waals surface area contributed by atoms with Crippen LogP contribution in [0.3, 0.4) is 0 Å². The van der Waals surface area contributed by atoms with E-state index < -0.39 is 0 Å². The van der Waals surface area contributed by atoms with Gasteiger partial charge in [-0.15, -0.1) is 0 Å². The van der Waals surface area contributed by atoms with E-state index in [0.29, 0.717) is 18.6 Å². The smallest absolute Gasteiger partial charge is 0.322 e. The Morgan fingerprint density at radius 3 is 2.90 bits per heavy atom. The van der Waals surface area contributed by atoms with Crippen LogP contribution in [0.5, 0.6) is 6.01 Å². The van der Waals surface area contributed by atoms with Crippen molar-refractivity contribution in [3.05, 3.63) is 5.28 Å². The molecule has 7 heteroatoms. The molecule has 0 spiro atoms. The van der Waals surface area contributed by atoms with Crippen molar-refractivity contribution >= 4 is 17.5 Å². The first kappa shape index (κ1) is 15.3. The predicted octanol–water partition coefficient (Wildman–Crippen LogP) is 2.32. The lowest BCUT2D eigenvalue weighted by Gasteiger charge is -2.32. The predicted molar refractivity (Wildman–Crippen MR) is 77.5 cm³/mol. The largest absolute Gasteiger partial charge is 0.463 e. The third-order valence-corrected chi connectivity index (χ3v) is 3.24. The molecule has 0 aliphatic carbocycles. The summed E-state index contributed by atoms with van der Waals surface area (Å²) in [5.74, 6) is 0.570. The van der Waals surface area contributed by atoms with Crippen LogP contribution in [0, 0.1) is 0 Å². The quantitative estimate of drug-likeness (QED) is 0.803. The molecule has 0 saturated carbocycles. The van der Waals surface area contributed by atoms with Crippen LogP contribution in [0.2, 0.25) is 5.28 Å². The van der Waals surface area contributed by atoms with E-state index in [2.05, 4.69) is 19.9 Å². The van der Waals surface area contributed by atoms with Crippen LogP contribution in [0.25, 0.3) is 0 Å². The summed E-state index contributed by atoms with van der Waals surface area (Å²) in [6.45, 7) is 7.01. The second-order valence-electron chi connectivity index (χ2n) is 4.70. The summed E-state index contributed by atoms with van der Waals surface area (Å²) in [7, 11) is 0. The van der Waals surface area contributed by atoms with Gasteiger partial charge >= 0.3 is 6.01 Å². The van der Waals surface area contributed by atoms with Crippen LogP contribution in [0.15, 0.2) is 0 Å². The Labute approximate surface area is 124 Å². The van der Waals surface area contributed by atoms with E-state index in [1.165, 1.54) is 0 Å². The molecule has 112 valence electrons. The molecular weight excluding hydrogens is 280 g/mol. The van der Waals surface area contributed by atoms with Gasteiger partial charge in [-0.05, 0) is 37.8 Å². The zero-order valence-electron chi connectivity index (χ0n) is 12.0. The molecule has 1 atom stereocenters. The molecule has 1 saturated heterocycles. The Hall–Kier alpha value is -1.14. The number of aromatic nitrogens is 3. The summed E-state index contributed by atoms with van der Waals surface area (Å²) in [6, 6.07) is 0.292. The van der Waals surface area contributed by atoms with E-state index >= 15 is 0 Å². The van der Waals surface area contributed by atoms with Crippen molar-refractivity contribution in [2.24, 2.45) is 0 Å². The molecule has 2 heterocycles. The van der Waals surface area contributed by atoms with E-state index in [1.807, 2.05) is 13.8 Å². The Balaban J connectivity index is 2.08. The second kappa shape index (κ2) is 7.59. The minimum atomic E-state index is 0.166. The van der Waals surface area contributed by atoms with Gasteiger partial charge in [0, 0.05) is 19.7 Å². The standard InChI is InChI=1S/C13H21ClN4O2/c1-3-8-20-13-16-11(14)15-12(17-13)18-7-5-6-10(9-18)19-4-2/h10H,3-9H2,1-2H3. The molecule has 6 nitrogen and oxygen atoms in total. The van der Waals surface area contributed by atoms with Crippen LogP contribution in [-0.4, -0.2) is 47.4 Å². The van der Waals surface area contributed by atoms with Gasteiger partial charge in [0.15, 0.2) is 0 Å². The maximum atomic E-state index is 5.95. The molecule has 0 aromatic carbocycles. The Morgan fingerprint density at radius 1 is 1.30 bits per heavy atom. The van der Waals surface area contributed by atoms with E-state index in [-0.39, 0.29) is 11.4 Å². The third-order valence-electron chi connectivity index (χ3n) is 3.07. The van der Waals surface area contributed by atoms with Gasteiger partial charge in [0.25, 0.3) is 0 Å². The highest BCUT2D eigenvalue weighted by Crippen LogP contribution is 2.21. The summed E-state index contributed by atoms with van der Waals surface area (Å²) in [5, 5.41) is 0.166. The monoisotopic (exact) mass is 300 g/mol. The fourth-order valence-electron chi connectivity index (χ4n) is 2.21. The maximum Gasteiger partial charge on any atom is 0.322 e. The summed E-state index contributed by atoms with van der Waals surface area (Å²) in [5.41, 5.74) is 0. The van der Waals surface area contributed by atoms with Gasteiger partial charge in [-0.2, -0.15) is 15.0 Å². The minimum absolute atomic E-state index is 0.166. The van der Waals surface area contributed by atoms with E-state index in [0.717, 1.165) is 39.0 Å². The third kappa shape index (κ3) is 4.18. The fourth-order valence-corrected chi connectivity index (χ4v) is 2.36. The minimum Gasteiger partial charge on any atom is -0.463 e. The van der Waals surface area contributed by atoms with Crippen molar-refractivity contribution in [1.29, 1.82) is 0 Å². The molecule has 0 bridgehead atoms. The number of nitrogens with zero attached hydrogens (tertiary/aromatic N) is 4. The van der Waals surface area contributed by atoms with Crippen molar-refractivity contribution in [2.75, 3.05) is 31.2 Å². The lowest BCUT2D eigenvalue weighted by Crippen LogP contribution is -2.40. The van der Waals surface area contributed by atoms with Crippen molar-refractivity contribution < 1.29 is 9.47 Å². The molecule has 2 rings (SSSR count). The van der Waals surface area contributed by atoms with Gasteiger partial charge in [-0.25, -0.2) is 0 Å². The average molecular weight is 301 g/mol. The van der Waals surface area contributed by atoms with Gasteiger partial charge in [0.1, 0.15) is 0 Å². The molecule has 1 fully saturated rings. The highest BCUT2D eigenvalue weighted by atomic mass is 35.5. The molecule has 0 amide bonds. The molecule has 1 aromatic rings. The number of hydrogen-bond donors (Lipinski definition) is 0. The van der Waals surface area contributed by atoms with Crippen LogP contribution in [0.1, 0.15) is 33.1 Å². The fraction of sp³-hybridized carbons (Fsp3) is 0.769. The van der Waals surface area contributed by atoms with Crippen LogP contribution >= 0.6 is 11.6 Å². The summed E-state index contributed by atoms with van der Waals surface area (Å²) in [6.07, 6.45) is 3.25. The lowest BCUT2D eigenvalue weighted by molar-refractivity contribution is 0.0523. The topological polar surface area (TPSA) is 60.4 Å². The van der Waals surface area contributed by atoms with Gasteiger partial charge in [-0.3, -0.25) is 0 Å². The number of hydrogen-bond acceptors (Lipinski definition) is 6. The van der Waals surface area contributed by atoms with Gasteiger partial charge in [0.2, 0.25) is 11.2 Å². The van der Waals surface area contributed by atoms with Crippen LogP contribution in [0.4, 0.5) is 5.95 Å². The van der Waals surface area contributed by atoms with Crippen LogP contribution in [-0.2, 0) is 4.74 Å². The lowest BCUT2D eigenvalue weighted by atomic mass is 10.1. The number of anilines is 1. The molecule has 1 aliphatic rings. The molecule has 1 aliphatic heterocycles. The van der Waals surface area contributed by atoms with Gasteiger partial charge in [-0.1, -0.05) is 6.92 Å². The number of piperidine rings is 1. The maximum absolute atomic E-state index is 5.95. The zero-order chi connectivity index (χ0) is 14.4. The highest BCUT2D eigenvalue weighted by Gasteiger charge is 2.23. The first-order valence-corrected chi connectivity index (χ1v) is 7.51. The Morgan fingerprint density at radius 2 is 2.15 bits per heavy atom. The normalized spacial score (nSPS) is 19.1. The average Bonchev–Trinajstić information content (AvgIpc) is 2.45. The summed E-state index contributed by atoms with van der Waals surface area (Å²) >= 11 is 5.95. The highest BCUT2D eigenvalue weighted by molar-refractivity contribution is 6.28. The number of rotatable bonds is 6. The zero-order valence-corrected chi connectivity index (χ0v) is 12.8. The van der Waals surface area contributed by atoms with Crippen LogP contribution < -0.4 is 9.64 Å². The molecule has 1 unspecified atom stereocenters. The SMILES string of the molecule is CCCOc1nc(Cl)nc(N2CCCC(OCC)C2)n1. The number of halogens is 1. The van der Waals surface area contributed by atoms with Crippen molar-refractivity contribution in [2.45, 2.75) is 39.2 Å². The molecular formula is C13H21ClN4O2.